The van der Waals surface area contributed by atoms with E-state index in [9.17, 15) is 9.59 Å². The highest BCUT2D eigenvalue weighted by Gasteiger charge is 2.45. The summed E-state index contributed by atoms with van der Waals surface area (Å²) in [5.41, 5.74) is 4.72. The van der Waals surface area contributed by atoms with E-state index < -0.39 is 17.8 Å². The third-order valence-corrected chi connectivity index (χ3v) is 7.71. The van der Waals surface area contributed by atoms with Crippen molar-refractivity contribution < 1.29 is 28.5 Å². The van der Waals surface area contributed by atoms with Crippen molar-refractivity contribution in [1.29, 1.82) is 0 Å². The van der Waals surface area contributed by atoms with Gasteiger partial charge in [0, 0.05) is 29.3 Å². The topological polar surface area (TPSA) is 83.4 Å². The van der Waals surface area contributed by atoms with Crippen LogP contribution < -0.4 is 14.2 Å². The van der Waals surface area contributed by atoms with Gasteiger partial charge in [-0.15, -0.1) is 0 Å². The van der Waals surface area contributed by atoms with Crippen molar-refractivity contribution in [1.82, 2.24) is 0 Å². The summed E-state index contributed by atoms with van der Waals surface area (Å²) in [5.74, 6) is 0.354. The number of rotatable bonds is 6. The summed E-state index contributed by atoms with van der Waals surface area (Å²) in [5, 5.41) is 0. The summed E-state index contributed by atoms with van der Waals surface area (Å²) in [4.78, 5) is 32.3. The molecule has 0 radical (unpaired) electrons. The van der Waals surface area contributed by atoms with E-state index in [1.807, 2.05) is 79.7 Å². The lowest BCUT2D eigenvalue weighted by Gasteiger charge is -2.36. The molecule has 3 atom stereocenters. The number of allylic oxidation sites excluding steroid dienone is 2. The number of fused-ring (bicyclic) bond motifs is 1. The Balaban J connectivity index is 1.36. The molecule has 3 aromatic carbocycles. The van der Waals surface area contributed by atoms with Crippen LogP contribution in [0, 0.1) is 5.92 Å². The molecule has 3 aliphatic rings. The van der Waals surface area contributed by atoms with E-state index in [0.29, 0.717) is 35.6 Å². The molecule has 6 rings (SSSR count). The Kier molecular flexibility index (Phi) is 6.65. The number of ketones is 1. The molecule has 0 spiro atoms. The maximum Gasteiger partial charge on any atom is 0.315 e. The van der Waals surface area contributed by atoms with Gasteiger partial charge in [-0.3, -0.25) is 14.6 Å². The zero-order valence-corrected chi connectivity index (χ0v) is 21.9. The molecule has 39 heavy (non-hydrogen) atoms. The first kappa shape index (κ1) is 24.9. The average Bonchev–Trinajstić information content (AvgIpc) is 3.44. The molecular formula is C32H29NO6. The largest absolute Gasteiger partial charge is 0.497 e. The van der Waals surface area contributed by atoms with Crippen molar-refractivity contribution in [3.8, 4) is 17.2 Å². The van der Waals surface area contributed by atoms with Crippen LogP contribution in [0.2, 0.25) is 0 Å². The molecule has 7 heteroatoms. The molecule has 3 aromatic rings. The van der Waals surface area contributed by atoms with Crippen molar-refractivity contribution in [3.63, 3.8) is 0 Å². The van der Waals surface area contributed by atoms with Gasteiger partial charge < -0.3 is 18.9 Å². The number of aliphatic imine (C=N–C) groups is 1. The smallest absolute Gasteiger partial charge is 0.315 e. The Morgan fingerprint density at radius 1 is 0.949 bits per heavy atom. The summed E-state index contributed by atoms with van der Waals surface area (Å²) in [7, 11) is 1.63. The van der Waals surface area contributed by atoms with Gasteiger partial charge in [-0.25, -0.2) is 0 Å². The molecule has 0 N–H and O–H groups in total. The van der Waals surface area contributed by atoms with Crippen LogP contribution in [0.25, 0.3) is 0 Å². The number of benzene rings is 3. The van der Waals surface area contributed by atoms with Crippen LogP contribution in [-0.2, 0) is 20.9 Å². The fourth-order valence-electron chi connectivity index (χ4n) is 5.76. The van der Waals surface area contributed by atoms with Crippen molar-refractivity contribution >= 4 is 17.5 Å². The number of carbonyl (C=O) groups is 2. The SMILES string of the molecule is COc1ccc(C2CC(=O)C3=C(C2)N=C(C)C(C(=O)OCc2ccccc2)C3c2ccc3c(c2)OCO3)cc1. The Hall–Kier alpha value is -4.39. The summed E-state index contributed by atoms with van der Waals surface area (Å²) in [6, 6.07) is 23.0. The number of nitrogens with zero attached hydrogens (tertiary/aromatic N) is 1. The van der Waals surface area contributed by atoms with Gasteiger partial charge in [0.2, 0.25) is 6.79 Å². The van der Waals surface area contributed by atoms with Gasteiger partial charge in [0.15, 0.2) is 17.3 Å². The second kappa shape index (κ2) is 10.4. The molecule has 0 amide bonds. The highest BCUT2D eigenvalue weighted by Crippen LogP contribution is 2.48. The van der Waals surface area contributed by atoms with Crippen LogP contribution in [0.1, 0.15) is 48.3 Å². The Morgan fingerprint density at radius 2 is 1.69 bits per heavy atom. The molecule has 0 saturated carbocycles. The van der Waals surface area contributed by atoms with E-state index in [0.717, 1.165) is 28.1 Å². The van der Waals surface area contributed by atoms with E-state index >= 15 is 0 Å². The third kappa shape index (κ3) is 4.80. The zero-order valence-electron chi connectivity index (χ0n) is 21.9. The molecule has 2 aliphatic heterocycles. The lowest BCUT2D eigenvalue weighted by molar-refractivity contribution is -0.148. The number of Topliss-reactive ketones (excluding diaryl/α,β-unsaturated/α-hetero) is 1. The predicted octanol–water partition coefficient (Wildman–Crippen LogP) is 5.74. The molecule has 2 heterocycles. The van der Waals surface area contributed by atoms with Gasteiger partial charge >= 0.3 is 5.97 Å². The number of esters is 1. The van der Waals surface area contributed by atoms with Gasteiger partial charge in [-0.1, -0.05) is 48.5 Å². The van der Waals surface area contributed by atoms with Gasteiger partial charge in [0.1, 0.15) is 18.3 Å². The highest BCUT2D eigenvalue weighted by atomic mass is 16.7. The summed E-state index contributed by atoms with van der Waals surface area (Å²) in [6.45, 7) is 2.14. The summed E-state index contributed by atoms with van der Waals surface area (Å²) < 4.78 is 22.2. The minimum absolute atomic E-state index is 0.00214. The molecule has 0 aromatic heterocycles. The minimum Gasteiger partial charge on any atom is -0.497 e. The standard InChI is InChI=1S/C32H29NO6/c1-19-29(32(35)37-17-20-6-4-3-5-7-20)30(22-10-13-27-28(16-22)39-18-38-27)31-25(33-19)14-23(15-26(31)34)21-8-11-24(36-2)12-9-21/h3-13,16,23,29-30H,14-15,17-18H2,1-2H3. The van der Waals surface area contributed by atoms with E-state index in [-0.39, 0.29) is 25.1 Å². The molecule has 3 unspecified atom stereocenters. The van der Waals surface area contributed by atoms with Crippen LogP contribution in [-0.4, -0.2) is 31.4 Å². The Labute approximate surface area is 227 Å². The number of ether oxygens (including phenoxy) is 4. The van der Waals surface area contributed by atoms with E-state index in [1.165, 1.54) is 0 Å². The fourth-order valence-corrected chi connectivity index (χ4v) is 5.76. The molecule has 1 aliphatic carbocycles. The number of methoxy groups -OCH3 is 1. The van der Waals surface area contributed by atoms with E-state index in [4.69, 9.17) is 23.9 Å². The third-order valence-electron chi connectivity index (χ3n) is 7.71. The van der Waals surface area contributed by atoms with Crippen LogP contribution in [0.15, 0.2) is 89.1 Å². The monoisotopic (exact) mass is 523 g/mol. The molecule has 7 nitrogen and oxygen atoms in total. The second-order valence-electron chi connectivity index (χ2n) is 10.1. The first-order valence-electron chi connectivity index (χ1n) is 13.1. The molecular weight excluding hydrogens is 494 g/mol. The first-order valence-corrected chi connectivity index (χ1v) is 13.1. The number of hydrogen-bond donors (Lipinski definition) is 0. The van der Waals surface area contributed by atoms with Gasteiger partial charge in [-0.2, -0.15) is 0 Å². The second-order valence-corrected chi connectivity index (χ2v) is 10.1. The molecule has 0 bridgehead atoms. The van der Waals surface area contributed by atoms with Crippen LogP contribution in [0.4, 0.5) is 0 Å². The summed E-state index contributed by atoms with van der Waals surface area (Å²) in [6.07, 6.45) is 0.949. The zero-order chi connectivity index (χ0) is 26.9. The molecule has 198 valence electrons. The predicted molar refractivity (Wildman–Crippen MR) is 145 cm³/mol. The lowest BCUT2D eigenvalue weighted by Crippen LogP contribution is -2.38. The highest BCUT2D eigenvalue weighted by molar-refractivity contribution is 6.09. The quantitative estimate of drug-likeness (QED) is 0.383. The minimum atomic E-state index is -0.727. The van der Waals surface area contributed by atoms with Crippen molar-refractivity contribution in [2.75, 3.05) is 13.9 Å². The maximum absolute atomic E-state index is 13.8. The molecule has 0 saturated heterocycles. The Bertz CT molecular complexity index is 1470. The van der Waals surface area contributed by atoms with Gasteiger partial charge in [0.05, 0.1) is 7.11 Å². The Morgan fingerprint density at radius 3 is 2.46 bits per heavy atom. The van der Waals surface area contributed by atoms with Crippen molar-refractivity contribution in [3.05, 3.63) is 101 Å². The van der Waals surface area contributed by atoms with E-state index in [1.54, 1.807) is 7.11 Å². The average molecular weight is 524 g/mol. The van der Waals surface area contributed by atoms with Crippen molar-refractivity contribution in [2.45, 2.75) is 38.2 Å². The first-order chi connectivity index (χ1) is 19.0. The normalized spacial score (nSPS) is 21.7. The van der Waals surface area contributed by atoms with Gasteiger partial charge in [0.25, 0.3) is 0 Å². The van der Waals surface area contributed by atoms with E-state index in [2.05, 4.69) is 0 Å². The van der Waals surface area contributed by atoms with Crippen LogP contribution >= 0.6 is 0 Å². The lowest BCUT2D eigenvalue weighted by atomic mass is 9.69. The number of hydrogen-bond acceptors (Lipinski definition) is 7. The van der Waals surface area contributed by atoms with Crippen LogP contribution in [0.5, 0.6) is 17.2 Å². The van der Waals surface area contributed by atoms with Gasteiger partial charge in [-0.05, 0) is 60.2 Å². The van der Waals surface area contributed by atoms with Crippen LogP contribution in [0.3, 0.4) is 0 Å². The maximum atomic E-state index is 13.8. The number of carbonyl (C=O) groups excluding carboxylic acids is 2. The fraction of sp³-hybridized carbons (Fsp3) is 0.281. The van der Waals surface area contributed by atoms with Crippen molar-refractivity contribution in [2.24, 2.45) is 10.9 Å². The summed E-state index contributed by atoms with van der Waals surface area (Å²) >= 11 is 0. The molecule has 0 fully saturated rings.